The number of primary sulfonamides is 1. The summed E-state index contributed by atoms with van der Waals surface area (Å²) in [4.78, 5) is 6.05. The molecule has 0 saturated heterocycles. The van der Waals surface area contributed by atoms with Gasteiger partial charge in [0.2, 0.25) is 10.0 Å². The highest BCUT2D eigenvalue weighted by molar-refractivity contribution is 7.91. The Morgan fingerprint density at radius 2 is 2.31 bits per heavy atom. The van der Waals surface area contributed by atoms with Crippen LogP contribution in [0.2, 0.25) is 0 Å². The monoisotopic (exact) mass is 261 g/mol. The molecule has 0 atom stereocenters. The molecule has 0 aromatic carbocycles. The summed E-state index contributed by atoms with van der Waals surface area (Å²) in [7, 11) is -1.68. The molecule has 0 spiro atoms. The Labute approximate surface area is 99.3 Å². The van der Waals surface area contributed by atoms with Crippen LogP contribution in [0.4, 0.5) is 5.13 Å². The minimum Gasteiger partial charge on any atom is -0.351 e. The number of aromatic nitrogens is 1. The van der Waals surface area contributed by atoms with Gasteiger partial charge in [0, 0.05) is 13.6 Å². The molecule has 1 saturated carbocycles. The van der Waals surface area contributed by atoms with Gasteiger partial charge in [-0.2, -0.15) is 0 Å². The van der Waals surface area contributed by atoms with Crippen molar-refractivity contribution < 1.29 is 8.42 Å². The standard InChI is InChI=1S/C9H15N3O2S2/c1-12(5-4-7-2-3-7)9-11-6-8(15-9)16(10,13)14/h6-7H,2-5H2,1H3,(H2,10,13,14). The molecule has 1 heterocycles. The van der Waals surface area contributed by atoms with Gasteiger partial charge in [0.25, 0.3) is 0 Å². The van der Waals surface area contributed by atoms with E-state index in [0.29, 0.717) is 5.13 Å². The van der Waals surface area contributed by atoms with Crippen LogP contribution >= 0.6 is 11.3 Å². The third kappa shape index (κ3) is 2.93. The SMILES string of the molecule is CN(CCC1CC1)c1ncc(S(N)(=O)=O)s1. The predicted octanol–water partition coefficient (Wildman–Crippen LogP) is 1.03. The first kappa shape index (κ1) is 11.8. The van der Waals surface area contributed by atoms with Gasteiger partial charge in [-0.05, 0) is 12.3 Å². The summed E-state index contributed by atoms with van der Waals surface area (Å²) in [6.07, 6.45) is 5.13. The van der Waals surface area contributed by atoms with E-state index in [1.807, 2.05) is 11.9 Å². The number of hydrogen-bond acceptors (Lipinski definition) is 5. The maximum absolute atomic E-state index is 11.1. The van der Waals surface area contributed by atoms with Crippen LogP contribution in [0.1, 0.15) is 19.3 Å². The number of rotatable bonds is 5. The largest absolute Gasteiger partial charge is 0.351 e. The van der Waals surface area contributed by atoms with Crippen molar-refractivity contribution in [2.24, 2.45) is 11.1 Å². The molecule has 0 amide bonds. The molecular formula is C9H15N3O2S2. The van der Waals surface area contributed by atoms with E-state index in [-0.39, 0.29) is 4.21 Å². The van der Waals surface area contributed by atoms with Gasteiger partial charge in [-0.25, -0.2) is 18.5 Å². The molecule has 1 fully saturated rings. The number of hydrogen-bond donors (Lipinski definition) is 1. The molecule has 1 aliphatic carbocycles. The van der Waals surface area contributed by atoms with Crippen molar-refractivity contribution in [3.63, 3.8) is 0 Å². The van der Waals surface area contributed by atoms with Crippen LogP contribution in [0.15, 0.2) is 10.4 Å². The lowest BCUT2D eigenvalue weighted by Crippen LogP contribution is -2.18. The van der Waals surface area contributed by atoms with Gasteiger partial charge >= 0.3 is 0 Å². The summed E-state index contributed by atoms with van der Waals surface area (Å²) in [5, 5.41) is 5.74. The highest BCUT2D eigenvalue weighted by Gasteiger charge is 2.22. The Morgan fingerprint density at radius 1 is 1.62 bits per heavy atom. The molecule has 0 unspecified atom stereocenters. The Balaban J connectivity index is 1.99. The molecule has 1 aromatic heterocycles. The summed E-state index contributed by atoms with van der Waals surface area (Å²) >= 11 is 1.12. The Bertz CT molecular complexity index is 465. The number of sulfonamides is 1. The lowest BCUT2D eigenvalue weighted by Gasteiger charge is -2.14. The molecule has 0 aliphatic heterocycles. The Hall–Kier alpha value is -0.660. The third-order valence-corrected chi connectivity index (χ3v) is 5.17. The summed E-state index contributed by atoms with van der Waals surface area (Å²) in [5.74, 6) is 0.861. The van der Waals surface area contributed by atoms with Crippen molar-refractivity contribution in [1.82, 2.24) is 4.98 Å². The van der Waals surface area contributed by atoms with Gasteiger partial charge in [-0.15, -0.1) is 0 Å². The van der Waals surface area contributed by atoms with E-state index < -0.39 is 10.0 Å². The van der Waals surface area contributed by atoms with E-state index in [4.69, 9.17) is 5.14 Å². The molecule has 1 aromatic rings. The zero-order valence-electron chi connectivity index (χ0n) is 9.09. The van der Waals surface area contributed by atoms with E-state index >= 15 is 0 Å². The van der Waals surface area contributed by atoms with Crippen molar-refractivity contribution in [1.29, 1.82) is 0 Å². The molecule has 2 N–H and O–H groups in total. The highest BCUT2D eigenvalue weighted by Crippen LogP contribution is 2.33. The minimum absolute atomic E-state index is 0.126. The fourth-order valence-electron chi connectivity index (χ4n) is 1.44. The quantitative estimate of drug-likeness (QED) is 0.858. The van der Waals surface area contributed by atoms with Crippen LogP contribution in [0, 0.1) is 5.92 Å². The Kier molecular flexibility index (Phi) is 3.18. The van der Waals surface area contributed by atoms with Crippen molar-refractivity contribution in [3.8, 4) is 0 Å². The molecule has 90 valence electrons. The summed E-state index contributed by atoms with van der Waals surface area (Å²) in [6, 6.07) is 0. The molecule has 1 aliphatic rings. The van der Waals surface area contributed by atoms with Gasteiger partial charge in [-0.3, -0.25) is 0 Å². The molecule has 5 nitrogen and oxygen atoms in total. The second-order valence-electron chi connectivity index (χ2n) is 4.16. The molecule has 0 bridgehead atoms. The van der Waals surface area contributed by atoms with Crippen molar-refractivity contribution >= 4 is 26.5 Å². The second-order valence-corrected chi connectivity index (χ2v) is 6.96. The third-order valence-electron chi connectivity index (χ3n) is 2.65. The molecule has 2 rings (SSSR count). The van der Waals surface area contributed by atoms with E-state index in [2.05, 4.69) is 4.98 Å². The molecule has 7 heteroatoms. The van der Waals surface area contributed by atoms with Gasteiger partial charge < -0.3 is 4.90 Å². The van der Waals surface area contributed by atoms with Crippen LogP contribution in [0.5, 0.6) is 0 Å². The summed E-state index contributed by atoms with van der Waals surface area (Å²) < 4.78 is 22.3. The highest BCUT2D eigenvalue weighted by atomic mass is 32.2. The number of nitrogens with two attached hydrogens (primary N) is 1. The van der Waals surface area contributed by atoms with E-state index in [1.165, 1.54) is 19.0 Å². The van der Waals surface area contributed by atoms with E-state index in [0.717, 1.165) is 30.2 Å². The number of anilines is 1. The van der Waals surface area contributed by atoms with Crippen molar-refractivity contribution in [2.45, 2.75) is 23.5 Å². The first-order valence-electron chi connectivity index (χ1n) is 5.16. The average molecular weight is 261 g/mol. The van der Waals surface area contributed by atoms with Crippen molar-refractivity contribution in [2.75, 3.05) is 18.5 Å². The topological polar surface area (TPSA) is 76.3 Å². The Morgan fingerprint density at radius 3 is 2.81 bits per heavy atom. The summed E-state index contributed by atoms with van der Waals surface area (Å²) in [6.45, 7) is 0.919. The maximum Gasteiger partial charge on any atom is 0.249 e. The van der Waals surface area contributed by atoms with Gasteiger partial charge in [-0.1, -0.05) is 24.2 Å². The zero-order valence-corrected chi connectivity index (χ0v) is 10.7. The van der Waals surface area contributed by atoms with Gasteiger partial charge in [0.1, 0.15) is 0 Å². The van der Waals surface area contributed by atoms with Crippen LogP contribution in [0.25, 0.3) is 0 Å². The predicted molar refractivity (Wildman–Crippen MR) is 64.1 cm³/mol. The molecule has 0 radical (unpaired) electrons. The smallest absolute Gasteiger partial charge is 0.249 e. The van der Waals surface area contributed by atoms with Crippen molar-refractivity contribution in [3.05, 3.63) is 6.20 Å². The number of thiazole rings is 1. The first-order chi connectivity index (χ1) is 7.47. The lowest BCUT2D eigenvalue weighted by molar-refractivity contribution is 0.599. The van der Waals surface area contributed by atoms with Gasteiger partial charge in [0.15, 0.2) is 9.34 Å². The van der Waals surface area contributed by atoms with Crippen LogP contribution in [-0.2, 0) is 10.0 Å². The first-order valence-corrected chi connectivity index (χ1v) is 7.53. The molecular weight excluding hydrogens is 246 g/mol. The average Bonchev–Trinajstić information content (AvgIpc) is 2.86. The maximum atomic E-state index is 11.1. The zero-order chi connectivity index (χ0) is 11.8. The molecule has 16 heavy (non-hydrogen) atoms. The van der Waals surface area contributed by atoms with E-state index in [1.54, 1.807) is 0 Å². The lowest BCUT2D eigenvalue weighted by atomic mass is 10.3. The van der Waals surface area contributed by atoms with Gasteiger partial charge in [0.05, 0.1) is 6.20 Å². The minimum atomic E-state index is -3.61. The second kappa shape index (κ2) is 4.31. The van der Waals surface area contributed by atoms with Crippen LogP contribution in [-0.4, -0.2) is 27.0 Å². The van der Waals surface area contributed by atoms with E-state index in [9.17, 15) is 8.42 Å². The van der Waals surface area contributed by atoms with Crippen LogP contribution in [0.3, 0.4) is 0 Å². The summed E-state index contributed by atoms with van der Waals surface area (Å²) in [5.41, 5.74) is 0. The fraction of sp³-hybridized carbons (Fsp3) is 0.667. The number of nitrogens with zero attached hydrogens (tertiary/aromatic N) is 2. The normalized spacial score (nSPS) is 16.4. The fourth-order valence-corrected chi connectivity index (χ4v) is 2.96. The van der Waals surface area contributed by atoms with Crippen LogP contribution < -0.4 is 10.0 Å².